The number of fused-ring (bicyclic) bond motifs is 1. The van der Waals surface area contributed by atoms with E-state index in [1.54, 1.807) is 18.2 Å². The van der Waals surface area contributed by atoms with Gasteiger partial charge in [-0.25, -0.2) is 8.78 Å². The molecule has 2 N–H and O–H groups in total. The average Bonchev–Trinajstić information content (AvgIpc) is 2.53. The first-order valence-corrected chi connectivity index (χ1v) is 7.40. The molecule has 0 saturated carbocycles. The molecule has 0 aliphatic heterocycles. The monoisotopic (exact) mass is 328 g/mol. The normalized spacial score (nSPS) is 10.8. The van der Waals surface area contributed by atoms with Crippen LogP contribution in [0.15, 0.2) is 47.3 Å². The van der Waals surface area contributed by atoms with Gasteiger partial charge < -0.3 is 10.3 Å². The topological polar surface area (TPSA) is 62.0 Å². The van der Waals surface area contributed by atoms with E-state index in [1.165, 1.54) is 6.07 Å². The number of amides is 1. The molecule has 24 heavy (non-hydrogen) atoms. The summed E-state index contributed by atoms with van der Waals surface area (Å²) in [7, 11) is 0. The fourth-order valence-corrected chi connectivity index (χ4v) is 2.57. The Kier molecular flexibility index (Phi) is 4.12. The first kappa shape index (κ1) is 15.9. The SMILES string of the molecule is CCc1cc(=O)[nH]c2cc(NC(=O)c3ccc(F)cc3F)ccc12. The van der Waals surface area contributed by atoms with E-state index >= 15 is 0 Å². The number of nitrogens with one attached hydrogen (secondary N) is 2. The molecule has 0 bridgehead atoms. The number of halogens is 2. The lowest BCUT2D eigenvalue weighted by atomic mass is 10.1. The van der Waals surface area contributed by atoms with Crippen molar-refractivity contribution < 1.29 is 13.6 Å². The molecule has 0 aliphatic rings. The summed E-state index contributed by atoms with van der Waals surface area (Å²) < 4.78 is 26.6. The van der Waals surface area contributed by atoms with Gasteiger partial charge in [0, 0.05) is 23.2 Å². The summed E-state index contributed by atoms with van der Waals surface area (Å²) in [5, 5.41) is 3.42. The molecule has 0 atom stereocenters. The van der Waals surface area contributed by atoms with Crippen LogP contribution in [0.1, 0.15) is 22.8 Å². The summed E-state index contributed by atoms with van der Waals surface area (Å²) in [6, 6.07) is 9.34. The lowest BCUT2D eigenvalue weighted by Crippen LogP contribution is -2.14. The quantitative estimate of drug-likeness (QED) is 0.771. The van der Waals surface area contributed by atoms with Crippen molar-refractivity contribution in [1.82, 2.24) is 4.98 Å². The van der Waals surface area contributed by atoms with Crippen LogP contribution in [-0.2, 0) is 6.42 Å². The molecule has 3 aromatic rings. The number of aryl methyl sites for hydroxylation is 1. The first-order valence-electron chi connectivity index (χ1n) is 7.40. The number of pyridine rings is 1. The van der Waals surface area contributed by atoms with Gasteiger partial charge in [0.25, 0.3) is 5.91 Å². The Morgan fingerprint density at radius 1 is 1.12 bits per heavy atom. The lowest BCUT2D eigenvalue weighted by Gasteiger charge is -2.09. The van der Waals surface area contributed by atoms with Crippen LogP contribution in [0.4, 0.5) is 14.5 Å². The molecule has 3 rings (SSSR count). The fourth-order valence-electron chi connectivity index (χ4n) is 2.57. The number of carbonyl (C=O) groups excluding carboxylic acids is 1. The molecule has 0 fully saturated rings. The predicted molar refractivity (Wildman–Crippen MR) is 88.3 cm³/mol. The largest absolute Gasteiger partial charge is 0.322 e. The summed E-state index contributed by atoms with van der Waals surface area (Å²) in [6.45, 7) is 1.95. The van der Waals surface area contributed by atoms with Gasteiger partial charge >= 0.3 is 0 Å². The molecule has 0 saturated heterocycles. The van der Waals surface area contributed by atoms with Gasteiger partial charge in [-0.05, 0) is 36.2 Å². The highest BCUT2D eigenvalue weighted by Crippen LogP contribution is 2.21. The molecule has 0 unspecified atom stereocenters. The Morgan fingerprint density at radius 2 is 1.92 bits per heavy atom. The maximum atomic E-state index is 13.7. The van der Waals surface area contributed by atoms with Gasteiger partial charge in [-0.1, -0.05) is 13.0 Å². The third kappa shape index (κ3) is 3.03. The Labute approximate surface area is 136 Å². The van der Waals surface area contributed by atoms with E-state index in [9.17, 15) is 18.4 Å². The van der Waals surface area contributed by atoms with E-state index in [-0.39, 0.29) is 11.1 Å². The van der Waals surface area contributed by atoms with Gasteiger partial charge in [0.15, 0.2) is 0 Å². The van der Waals surface area contributed by atoms with Crippen molar-refractivity contribution >= 4 is 22.5 Å². The van der Waals surface area contributed by atoms with E-state index in [1.807, 2.05) is 6.92 Å². The van der Waals surface area contributed by atoms with E-state index in [2.05, 4.69) is 10.3 Å². The van der Waals surface area contributed by atoms with Gasteiger partial charge in [0.05, 0.1) is 11.1 Å². The minimum Gasteiger partial charge on any atom is -0.322 e. The highest BCUT2D eigenvalue weighted by Gasteiger charge is 2.13. The van der Waals surface area contributed by atoms with Crippen molar-refractivity contribution in [2.75, 3.05) is 5.32 Å². The zero-order chi connectivity index (χ0) is 17.3. The Hall–Kier alpha value is -3.02. The predicted octanol–water partition coefficient (Wildman–Crippen LogP) is 3.62. The summed E-state index contributed by atoms with van der Waals surface area (Å²) in [5.41, 5.74) is 1.40. The van der Waals surface area contributed by atoms with Crippen LogP contribution in [0.3, 0.4) is 0 Å². The molecule has 6 heteroatoms. The van der Waals surface area contributed by atoms with Crippen LogP contribution in [-0.4, -0.2) is 10.9 Å². The second-order valence-corrected chi connectivity index (χ2v) is 5.35. The number of carbonyl (C=O) groups is 1. The van der Waals surface area contributed by atoms with Crippen molar-refractivity contribution in [3.05, 3.63) is 75.6 Å². The molecule has 1 amide bonds. The summed E-state index contributed by atoms with van der Waals surface area (Å²) in [5.74, 6) is -2.38. The van der Waals surface area contributed by atoms with Crippen molar-refractivity contribution in [3.63, 3.8) is 0 Å². The van der Waals surface area contributed by atoms with E-state index < -0.39 is 17.5 Å². The summed E-state index contributed by atoms with van der Waals surface area (Å²) >= 11 is 0. The van der Waals surface area contributed by atoms with Crippen molar-refractivity contribution in [3.8, 4) is 0 Å². The van der Waals surface area contributed by atoms with Gasteiger partial charge in [0.1, 0.15) is 11.6 Å². The molecule has 0 aliphatic carbocycles. The molecule has 1 heterocycles. The molecular formula is C18H14F2N2O2. The van der Waals surface area contributed by atoms with Crippen LogP contribution in [0, 0.1) is 11.6 Å². The molecular weight excluding hydrogens is 314 g/mol. The number of aromatic nitrogens is 1. The van der Waals surface area contributed by atoms with Crippen molar-refractivity contribution in [2.24, 2.45) is 0 Å². The van der Waals surface area contributed by atoms with E-state index in [0.29, 0.717) is 23.7 Å². The molecule has 4 nitrogen and oxygen atoms in total. The molecule has 0 spiro atoms. The standard InChI is InChI=1S/C18H14F2N2O2/c1-2-10-7-17(23)22-16-9-12(4-6-13(10)16)21-18(24)14-5-3-11(19)8-15(14)20/h3-9H,2H2,1H3,(H,21,24)(H,22,23). The summed E-state index contributed by atoms with van der Waals surface area (Å²) in [6.07, 6.45) is 0.701. The molecule has 2 aromatic carbocycles. The van der Waals surface area contributed by atoms with Crippen LogP contribution in [0.25, 0.3) is 10.9 Å². The van der Waals surface area contributed by atoms with Gasteiger partial charge in [-0.2, -0.15) is 0 Å². The van der Waals surface area contributed by atoms with Crippen LogP contribution in [0.5, 0.6) is 0 Å². The molecule has 0 radical (unpaired) electrons. The van der Waals surface area contributed by atoms with Crippen LogP contribution >= 0.6 is 0 Å². The number of H-pyrrole nitrogens is 1. The second kappa shape index (κ2) is 6.23. The van der Waals surface area contributed by atoms with Crippen molar-refractivity contribution in [2.45, 2.75) is 13.3 Å². The van der Waals surface area contributed by atoms with Gasteiger partial charge in [-0.3, -0.25) is 9.59 Å². The number of anilines is 1. The number of hydrogen-bond donors (Lipinski definition) is 2. The smallest absolute Gasteiger partial charge is 0.258 e. The zero-order valence-corrected chi connectivity index (χ0v) is 12.8. The number of benzene rings is 2. The third-order valence-corrected chi connectivity index (χ3v) is 3.74. The Bertz CT molecular complexity index is 996. The van der Waals surface area contributed by atoms with Gasteiger partial charge in [-0.15, -0.1) is 0 Å². The van der Waals surface area contributed by atoms with E-state index in [0.717, 1.165) is 23.1 Å². The first-order chi connectivity index (χ1) is 11.5. The maximum Gasteiger partial charge on any atom is 0.258 e. The zero-order valence-electron chi connectivity index (χ0n) is 12.8. The number of hydrogen-bond acceptors (Lipinski definition) is 2. The maximum absolute atomic E-state index is 13.7. The second-order valence-electron chi connectivity index (χ2n) is 5.35. The van der Waals surface area contributed by atoms with Crippen LogP contribution < -0.4 is 10.9 Å². The third-order valence-electron chi connectivity index (χ3n) is 3.74. The minimum atomic E-state index is -0.935. The minimum absolute atomic E-state index is 0.229. The number of aromatic amines is 1. The van der Waals surface area contributed by atoms with Crippen LogP contribution in [0.2, 0.25) is 0 Å². The summed E-state index contributed by atoms with van der Waals surface area (Å²) in [4.78, 5) is 26.5. The van der Waals surface area contributed by atoms with Gasteiger partial charge in [0.2, 0.25) is 5.56 Å². The molecule has 122 valence electrons. The highest BCUT2D eigenvalue weighted by atomic mass is 19.1. The van der Waals surface area contributed by atoms with Crippen molar-refractivity contribution in [1.29, 1.82) is 0 Å². The Balaban J connectivity index is 1.95. The van der Waals surface area contributed by atoms with E-state index in [4.69, 9.17) is 0 Å². The average molecular weight is 328 g/mol. The fraction of sp³-hybridized carbons (Fsp3) is 0.111. The molecule has 1 aromatic heterocycles. The number of rotatable bonds is 3. The highest BCUT2D eigenvalue weighted by molar-refractivity contribution is 6.05. The Morgan fingerprint density at radius 3 is 2.62 bits per heavy atom. The lowest BCUT2D eigenvalue weighted by molar-refractivity contribution is 0.102.